The van der Waals surface area contributed by atoms with Gasteiger partial charge in [0.1, 0.15) is 12.2 Å². The molecular weight excluding hydrogens is 296 g/mol. The smallest absolute Gasteiger partial charge is 0.221 e. The molecule has 0 bridgehead atoms. The van der Waals surface area contributed by atoms with Crippen LogP contribution in [-0.4, -0.2) is 32.3 Å². The lowest BCUT2D eigenvalue weighted by atomic mass is 10.2. The van der Waals surface area contributed by atoms with Crippen LogP contribution in [0, 0.1) is 5.21 Å². The zero-order valence-electron chi connectivity index (χ0n) is 12.4. The minimum Gasteiger partial charge on any atom is -0.619 e. The molecule has 1 aromatic heterocycles. The molecule has 3 rings (SSSR count). The Hall–Kier alpha value is -3.35. The van der Waals surface area contributed by atoms with Crippen LogP contribution in [-0.2, 0) is 4.79 Å². The van der Waals surface area contributed by atoms with Gasteiger partial charge < -0.3 is 15.7 Å². The van der Waals surface area contributed by atoms with Crippen molar-refractivity contribution in [3.63, 3.8) is 0 Å². The summed E-state index contributed by atoms with van der Waals surface area (Å²) in [4.78, 5) is 15.5. The van der Waals surface area contributed by atoms with Crippen LogP contribution in [0.4, 0.5) is 11.4 Å². The summed E-state index contributed by atoms with van der Waals surface area (Å²) in [5, 5.41) is 24.3. The van der Waals surface area contributed by atoms with Gasteiger partial charge in [-0.05, 0) is 18.2 Å². The molecule has 1 amide bonds. The van der Waals surface area contributed by atoms with Gasteiger partial charge in [-0.3, -0.25) is 4.79 Å². The minimum absolute atomic E-state index is 0.185. The molecule has 0 fully saturated rings. The van der Waals surface area contributed by atoms with Crippen LogP contribution in [0.2, 0.25) is 0 Å². The van der Waals surface area contributed by atoms with Crippen LogP contribution in [0.25, 0.3) is 22.4 Å². The van der Waals surface area contributed by atoms with Crippen molar-refractivity contribution in [3.8, 4) is 11.4 Å². The first kappa shape index (κ1) is 14.6. The summed E-state index contributed by atoms with van der Waals surface area (Å²) in [6, 6.07) is 11.7. The molecule has 0 aliphatic heterocycles. The highest BCUT2D eigenvalue weighted by Gasteiger charge is 2.14. The Balaban J connectivity index is 2.11. The maximum absolute atomic E-state index is 11.3. The number of hydrogen-bond donors (Lipinski definition) is 2. The molecule has 0 radical (unpaired) electrons. The van der Waals surface area contributed by atoms with Crippen LogP contribution in [0.1, 0.15) is 6.92 Å². The van der Waals surface area contributed by atoms with Crippen molar-refractivity contribution in [1.29, 1.82) is 0 Å². The third-order valence-electron chi connectivity index (χ3n) is 3.34. The predicted molar refractivity (Wildman–Crippen MR) is 87.1 cm³/mol. The first-order valence-electron chi connectivity index (χ1n) is 6.83. The second-order valence-corrected chi connectivity index (χ2v) is 5.06. The van der Waals surface area contributed by atoms with E-state index < -0.39 is 0 Å². The van der Waals surface area contributed by atoms with E-state index in [9.17, 15) is 15.2 Å². The average Bonchev–Trinajstić information content (AvgIpc) is 2.83. The zero-order valence-corrected chi connectivity index (χ0v) is 12.4. The van der Waals surface area contributed by atoms with Crippen LogP contribution in [0.3, 0.4) is 0 Å². The van der Waals surface area contributed by atoms with Crippen molar-refractivity contribution in [2.45, 2.75) is 6.92 Å². The fourth-order valence-corrected chi connectivity index (χ4v) is 2.33. The van der Waals surface area contributed by atoms with Gasteiger partial charge in [0.25, 0.3) is 0 Å². The van der Waals surface area contributed by atoms with Gasteiger partial charge in [0.05, 0.1) is 5.52 Å². The Kier molecular flexibility index (Phi) is 3.46. The molecule has 7 heteroatoms. The SMILES string of the molecule is C=[N+]([O-])c1ccc2nc(-c3cccc(NC(C)=O)c3)n(O)c2c1. The van der Waals surface area contributed by atoms with E-state index in [2.05, 4.69) is 17.0 Å². The molecule has 0 spiro atoms. The highest BCUT2D eigenvalue weighted by molar-refractivity contribution is 5.89. The standard InChI is InChI=1S/C16H14N4O3/c1-10(21)17-12-5-3-4-11(8-12)16-18-14-7-6-13(19(2)22)9-15(14)20(16)23/h3-9,23H,2H2,1H3,(H,17,21). The van der Waals surface area contributed by atoms with Crippen molar-refractivity contribution >= 4 is 35.0 Å². The lowest BCUT2D eigenvalue weighted by molar-refractivity contribution is -0.349. The van der Waals surface area contributed by atoms with Gasteiger partial charge in [0, 0.05) is 30.3 Å². The number of carbonyl (C=O) groups excluding carboxylic acids is 1. The van der Waals surface area contributed by atoms with Crippen LogP contribution < -0.4 is 5.32 Å². The second kappa shape index (κ2) is 5.45. The fourth-order valence-electron chi connectivity index (χ4n) is 2.33. The molecule has 0 atom stereocenters. The molecule has 1 heterocycles. The van der Waals surface area contributed by atoms with Crippen molar-refractivity contribution in [2.75, 3.05) is 5.32 Å². The first-order chi connectivity index (χ1) is 11.0. The van der Waals surface area contributed by atoms with Crippen molar-refractivity contribution < 1.29 is 14.7 Å². The summed E-state index contributed by atoms with van der Waals surface area (Å²) >= 11 is 0. The summed E-state index contributed by atoms with van der Waals surface area (Å²) in [7, 11) is 0. The highest BCUT2D eigenvalue weighted by Crippen LogP contribution is 2.27. The molecule has 3 aromatic rings. The lowest BCUT2D eigenvalue weighted by Gasteiger charge is -2.05. The van der Waals surface area contributed by atoms with Gasteiger partial charge in [-0.2, -0.15) is 9.47 Å². The number of rotatable bonds is 3. The number of aromatic nitrogens is 2. The number of amides is 1. The van der Waals surface area contributed by atoms with Crippen molar-refractivity contribution in [2.24, 2.45) is 0 Å². The maximum Gasteiger partial charge on any atom is 0.221 e. The number of imidazole rings is 1. The average molecular weight is 310 g/mol. The quantitative estimate of drug-likeness (QED) is 0.256. The minimum atomic E-state index is -0.185. The Morgan fingerprint density at radius 1 is 1.35 bits per heavy atom. The number of anilines is 1. The first-order valence-corrected chi connectivity index (χ1v) is 6.83. The van der Waals surface area contributed by atoms with E-state index in [1.165, 1.54) is 13.0 Å². The highest BCUT2D eigenvalue weighted by atomic mass is 16.5. The zero-order chi connectivity index (χ0) is 16.6. The summed E-state index contributed by atoms with van der Waals surface area (Å²) in [6.45, 7) is 4.70. The van der Waals surface area contributed by atoms with Gasteiger partial charge in [0.15, 0.2) is 5.82 Å². The Morgan fingerprint density at radius 3 is 2.83 bits per heavy atom. The Bertz CT molecular complexity index is 930. The topological polar surface area (TPSA) is 93.2 Å². The van der Waals surface area contributed by atoms with E-state index in [0.29, 0.717) is 38.5 Å². The number of nitrogens with one attached hydrogen (secondary N) is 1. The third kappa shape index (κ3) is 2.71. The summed E-state index contributed by atoms with van der Waals surface area (Å²) in [5.74, 6) is 0.126. The van der Waals surface area contributed by atoms with E-state index in [0.717, 1.165) is 4.73 Å². The largest absolute Gasteiger partial charge is 0.619 e. The molecular formula is C16H14N4O3. The van der Waals surface area contributed by atoms with Crippen molar-refractivity contribution in [1.82, 2.24) is 9.71 Å². The van der Waals surface area contributed by atoms with Gasteiger partial charge >= 0.3 is 0 Å². The van der Waals surface area contributed by atoms with E-state index in [-0.39, 0.29) is 5.91 Å². The summed E-state index contributed by atoms with van der Waals surface area (Å²) in [5.41, 5.74) is 2.48. The van der Waals surface area contributed by atoms with Crippen LogP contribution in [0.15, 0.2) is 42.5 Å². The summed E-state index contributed by atoms with van der Waals surface area (Å²) in [6.07, 6.45) is 0. The second-order valence-electron chi connectivity index (χ2n) is 5.06. The van der Waals surface area contributed by atoms with Gasteiger partial charge in [0.2, 0.25) is 11.6 Å². The molecule has 116 valence electrons. The van der Waals surface area contributed by atoms with Crippen LogP contribution >= 0.6 is 0 Å². The van der Waals surface area contributed by atoms with E-state index in [1.54, 1.807) is 36.4 Å². The maximum atomic E-state index is 11.3. The third-order valence-corrected chi connectivity index (χ3v) is 3.34. The number of carbonyl (C=O) groups is 1. The summed E-state index contributed by atoms with van der Waals surface area (Å²) < 4.78 is 1.37. The molecule has 7 nitrogen and oxygen atoms in total. The molecule has 23 heavy (non-hydrogen) atoms. The number of benzene rings is 2. The van der Waals surface area contributed by atoms with Gasteiger partial charge in [-0.1, -0.05) is 12.1 Å². The molecule has 0 saturated carbocycles. The fraction of sp³-hybridized carbons (Fsp3) is 0.0625. The number of hydrogen-bond acceptors (Lipinski definition) is 4. The van der Waals surface area contributed by atoms with Crippen molar-refractivity contribution in [3.05, 3.63) is 47.7 Å². The van der Waals surface area contributed by atoms with E-state index in [4.69, 9.17) is 0 Å². The van der Waals surface area contributed by atoms with Gasteiger partial charge in [-0.25, -0.2) is 4.98 Å². The molecule has 0 unspecified atom stereocenters. The van der Waals surface area contributed by atoms with Crippen LogP contribution in [0.5, 0.6) is 0 Å². The number of nitrogens with zero attached hydrogens (tertiary/aromatic N) is 3. The normalized spacial score (nSPS) is 10.7. The molecule has 0 aliphatic rings. The number of fused-ring (bicyclic) bond motifs is 1. The van der Waals surface area contributed by atoms with E-state index >= 15 is 0 Å². The molecule has 0 aliphatic carbocycles. The van der Waals surface area contributed by atoms with Gasteiger partial charge in [-0.15, -0.1) is 0 Å². The van der Waals surface area contributed by atoms with E-state index in [1.807, 2.05) is 0 Å². The Labute approximate surface area is 131 Å². The molecule has 2 N–H and O–H groups in total. The lowest BCUT2D eigenvalue weighted by Crippen LogP contribution is -2.05. The monoisotopic (exact) mass is 310 g/mol. The predicted octanol–water partition coefficient (Wildman–Crippen LogP) is 2.74. The Morgan fingerprint density at radius 2 is 2.13 bits per heavy atom. The molecule has 2 aromatic carbocycles. The molecule has 0 saturated heterocycles.